The summed E-state index contributed by atoms with van der Waals surface area (Å²) < 4.78 is 24.1. The van der Waals surface area contributed by atoms with Crippen molar-refractivity contribution in [2.75, 3.05) is 39.4 Å². The minimum absolute atomic E-state index is 0.0477. The standard InChI is InChI=1S/C21H21FN2O5/c22-15-5-3-14(4-6-15)19(25)17-18(16-2-1-11-29-16)24(21(27)20(17)26)8-7-23-9-12-28-13-10-23/h1-6,11,18,25H,7-10,12-13H2/p+1/t18-/m1/s1. The van der Waals surface area contributed by atoms with Gasteiger partial charge in [0.25, 0.3) is 11.7 Å². The lowest BCUT2D eigenvalue weighted by Gasteiger charge is -2.28. The molecule has 1 amide bonds. The molecule has 0 spiro atoms. The molecule has 0 bridgehead atoms. The minimum Gasteiger partial charge on any atom is -0.507 e. The van der Waals surface area contributed by atoms with Crippen molar-refractivity contribution in [3.05, 3.63) is 65.4 Å². The summed E-state index contributed by atoms with van der Waals surface area (Å²) in [5.41, 5.74) is 0.216. The maximum absolute atomic E-state index is 13.3. The normalized spacial score (nSPS) is 22.4. The molecule has 152 valence electrons. The van der Waals surface area contributed by atoms with Gasteiger partial charge in [0.15, 0.2) is 0 Å². The molecule has 4 rings (SSSR count). The summed E-state index contributed by atoms with van der Waals surface area (Å²) in [5.74, 6) is -1.86. The minimum atomic E-state index is -0.824. The van der Waals surface area contributed by atoms with Crippen LogP contribution in [0.4, 0.5) is 4.39 Å². The quantitative estimate of drug-likeness (QED) is 0.439. The van der Waals surface area contributed by atoms with Gasteiger partial charge in [0, 0.05) is 5.56 Å². The van der Waals surface area contributed by atoms with Gasteiger partial charge in [-0.2, -0.15) is 0 Å². The molecule has 7 nitrogen and oxygen atoms in total. The number of hydrogen-bond acceptors (Lipinski definition) is 5. The first kappa shape index (κ1) is 19.4. The second kappa shape index (κ2) is 8.18. The molecule has 0 aliphatic carbocycles. The average Bonchev–Trinajstić information content (AvgIpc) is 3.35. The number of benzene rings is 1. The van der Waals surface area contributed by atoms with Gasteiger partial charge < -0.3 is 24.1 Å². The third-order valence-corrected chi connectivity index (χ3v) is 5.38. The number of aliphatic hydroxyl groups is 1. The molecule has 29 heavy (non-hydrogen) atoms. The predicted octanol–water partition coefficient (Wildman–Crippen LogP) is 0.756. The van der Waals surface area contributed by atoms with E-state index in [9.17, 15) is 19.1 Å². The fraction of sp³-hybridized carbons (Fsp3) is 0.333. The fourth-order valence-electron chi connectivity index (χ4n) is 3.81. The van der Waals surface area contributed by atoms with Crippen molar-refractivity contribution in [2.24, 2.45) is 0 Å². The van der Waals surface area contributed by atoms with Gasteiger partial charge in [-0.25, -0.2) is 4.39 Å². The van der Waals surface area contributed by atoms with Gasteiger partial charge in [-0.3, -0.25) is 9.59 Å². The Hall–Kier alpha value is -2.97. The van der Waals surface area contributed by atoms with Crippen LogP contribution in [0, 0.1) is 5.82 Å². The molecule has 0 unspecified atom stereocenters. The zero-order chi connectivity index (χ0) is 20.4. The van der Waals surface area contributed by atoms with Crippen molar-refractivity contribution in [3.63, 3.8) is 0 Å². The molecule has 2 aromatic rings. The van der Waals surface area contributed by atoms with Gasteiger partial charge in [-0.1, -0.05) is 0 Å². The number of hydrogen-bond donors (Lipinski definition) is 2. The highest BCUT2D eigenvalue weighted by Crippen LogP contribution is 2.39. The average molecular weight is 401 g/mol. The van der Waals surface area contributed by atoms with Gasteiger partial charge >= 0.3 is 0 Å². The van der Waals surface area contributed by atoms with Crippen molar-refractivity contribution in [1.82, 2.24) is 4.90 Å². The van der Waals surface area contributed by atoms with Crippen LogP contribution in [0.1, 0.15) is 17.4 Å². The van der Waals surface area contributed by atoms with Crippen molar-refractivity contribution in [3.8, 4) is 0 Å². The molecule has 1 aromatic carbocycles. The predicted molar refractivity (Wildman–Crippen MR) is 101 cm³/mol. The molecular weight excluding hydrogens is 379 g/mol. The van der Waals surface area contributed by atoms with Crippen LogP contribution >= 0.6 is 0 Å². The van der Waals surface area contributed by atoms with Crippen LogP contribution in [-0.4, -0.2) is 61.1 Å². The largest absolute Gasteiger partial charge is 0.507 e. The number of nitrogens with zero attached hydrogens (tertiary/aromatic N) is 1. The lowest BCUT2D eigenvalue weighted by molar-refractivity contribution is -0.907. The van der Waals surface area contributed by atoms with Gasteiger partial charge in [0.2, 0.25) is 0 Å². The smallest absolute Gasteiger partial charge is 0.295 e. The molecular formula is C21H22FN2O5+. The summed E-state index contributed by atoms with van der Waals surface area (Å²) >= 11 is 0. The molecule has 2 aliphatic heterocycles. The summed E-state index contributed by atoms with van der Waals surface area (Å²) in [5, 5.41) is 10.8. The number of aliphatic hydroxyl groups excluding tert-OH is 1. The highest BCUT2D eigenvalue weighted by atomic mass is 19.1. The molecule has 2 saturated heterocycles. The number of morpholine rings is 1. The number of rotatable bonds is 5. The summed E-state index contributed by atoms with van der Waals surface area (Å²) in [4.78, 5) is 28.3. The molecule has 2 aliphatic rings. The number of ketones is 1. The molecule has 0 radical (unpaired) electrons. The third-order valence-electron chi connectivity index (χ3n) is 5.38. The Labute approximate surface area is 167 Å². The molecule has 1 atom stereocenters. The van der Waals surface area contributed by atoms with E-state index in [2.05, 4.69) is 0 Å². The van der Waals surface area contributed by atoms with Crippen molar-refractivity contribution in [2.45, 2.75) is 6.04 Å². The van der Waals surface area contributed by atoms with Crippen LogP contribution in [0.15, 0.2) is 52.7 Å². The van der Waals surface area contributed by atoms with Crippen molar-refractivity contribution >= 4 is 17.4 Å². The number of furan rings is 1. The van der Waals surface area contributed by atoms with Crippen molar-refractivity contribution in [1.29, 1.82) is 0 Å². The maximum Gasteiger partial charge on any atom is 0.295 e. The number of carbonyl (C=O) groups excluding carboxylic acids is 2. The first-order chi connectivity index (χ1) is 14.1. The Kier molecular flexibility index (Phi) is 5.46. The molecule has 2 N–H and O–H groups in total. The van der Waals surface area contributed by atoms with E-state index in [1.165, 1.54) is 40.3 Å². The fourth-order valence-corrected chi connectivity index (χ4v) is 3.81. The Morgan fingerprint density at radius 3 is 2.55 bits per heavy atom. The van der Waals surface area contributed by atoms with Crippen molar-refractivity contribution < 1.29 is 33.1 Å². The summed E-state index contributed by atoms with van der Waals surface area (Å²) in [6, 6.07) is 7.63. The Morgan fingerprint density at radius 1 is 1.17 bits per heavy atom. The number of halogens is 1. The van der Waals surface area contributed by atoms with Gasteiger partial charge in [0.1, 0.15) is 36.5 Å². The molecule has 2 fully saturated rings. The topological polar surface area (TPSA) is 84.4 Å². The first-order valence-corrected chi connectivity index (χ1v) is 9.55. The van der Waals surface area contributed by atoms with E-state index in [0.717, 1.165) is 13.1 Å². The molecule has 0 saturated carbocycles. The van der Waals surface area contributed by atoms with E-state index in [1.807, 2.05) is 0 Å². The van der Waals surface area contributed by atoms with Gasteiger partial charge in [-0.15, -0.1) is 0 Å². The second-order valence-electron chi connectivity index (χ2n) is 7.13. The number of ether oxygens (including phenoxy) is 1. The van der Waals surface area contributed by atoms with Crippen LogP contribution in [-0.2, 0) is 14.3 Å². The first-order valence-electron chi connectivity index (χ1n) is 9.55. The number of carbonyl (C=O) groups is 2. The second-order valence-corrected chi connectivity index (χ2v) is 7.13. The van der Waals surface area contributed by atoms with Gasteiger partial charge in [0.05, 0.1) is 38.1 Å². The zero-order valence-electron chi connectivity index (χ0n) is 15.8. The molecule has 3 heterocycles. The highest BCUT2D eigenvalue weighted by Gasteiger charge is 2.47. The van der Waals surface area contributed by atoms with E-state index in [-0.39, 0.29) is 16.9 Å². The van der Waals surface area contributed by atoms with E-state index >= 15 is 0 Å². The lowest BCUT2D eigenvalue weighted by Crippen LogP contribution is -3.14. The van der Waals surface area contributed by atoms with E-state index in [0.29, 0.717) is 32.1 Å². The number of likely N-dealkylation sites (tertiary alicyclic amines) is 1. The van der Waals surface area contributed by atoms with Crippen LogP contribution in [0.2, 0.25) is 0 Å². The SMILES string of the molecule is O=C1C(=O)N(CC[NH+]2CCOCC2)[C@H](c2ccco2)C1=C(O)c1ccc(F)cc1. The van der Waals surface area contributed by atoms with Crippen LogP contribution in [0.25, 0.3) is 5.76 Å². The van der Waals surface area contributed by atoms with E-state index in [4.69, 9.17) is 9.15 Å². The van der Waals surface area contributed by atoms with Gasteiger partial charge in [-0.05, 0) is 36.4 Å². The van der Waals surface area contributed by atoms with Crippen LogP contribution in [0.3, 0.4) is 0 Å². The zero-order valence-corrected chi connectivity index (χ0v) is 15.8. The maximum atomic E-state index is 13.3. The molecule has 8 heteroatoms. The number of quaternary nitrogens is 1. The lowest BCUT2D eigenvalue weighted by atomic mass is 9.99. The summed E-state index contributed by atoms with van der Waals surface area (Å²) in [6.07, 6.45) is 1.46. The Morgan fingerprint density at radius 2 is 1.90 bits per heavy atom. The van der Waals surface area contributed by atoms with Crippen LogP contribution in [0.5, 0.6) is 0 Å². The van der Waals surface area contributed by atoms with E-state index in [1.54, 1.807) is 12.1 Å². The third kappa shape index (κ3) is 3.81. The summed E-state index contributed by atoms with van der Waals surface area (Å²) in [6.45, 7) is 4.01. The Balaban J connectivity index is 1.68. The highest BCUT2D eigenvalue weighted by molar-refractivity contribution is 6.46. The number of amides is 1. The van der Waals surface area contributed by atoms with Crippen LogP contribution < -0.4 is 4.90 Å². The monoisotopic (exact) mass is 401 g/mol. The Bertz CT molecular complexity index is 917. The number of nitrogens with one attached hydrogen (secondary N) is 1. The molecule has 1 aromatic heterocycles. The number of Topliss-reactive ketones (excluding diaryl/α,β-unsaturated/α-hetero) is 1. The van der Waals surface area contributed by atoms with E-state index < -0.39 is 23.5 Å². The summed E-state index contributed by atoms with van der Waals surface area (Å²) in [7, 11) is 0.